The summed E-state index contributed by atoms with van der Waals surface area (Å²) in [4.78, 5) is 13.0. The standard InChI is InChI=1S/C23H30N2O5S/c1-3-30-17-20-15-18(11-12-21(20)29-2)23(26)24-16-19-9-5-6-10-22(19)31(27,28)25-13-7-4-8-14-25/h5-6,9-12,15H,3-4,7-8,13-14,16-17H2,1-2H3,(H,24,26). The Balaban J connectivity index is 1.75. The van der Waals surface area contributed by atoms with Crippen molar-refractivity contribution in [1.29, 1.82) is 0 Å². The van der Waals surface area contributed by atoms with E-state index >= 15 is 0 Å². The van der Waals surface area contributed by atoms with Crippen molar-refractivity contribution in [3.05, 3.63) is 59.2 Å². The monoisotopic (exact) mass is 446 g/mol. The van der Waals surface area contributed by atoms with Crippen molar-refractivity contribution in [2.75, 3.05) is 26.8 Å². The molecule has 0 unspecified atom stereocenters. The summed E-state index contributed by atoms with van der Waals surface area (Å²) in [6.07, 6.45) is 2.80. The lowest BCUT2D eigenvalue weighted by Gasteiger charge is -2.26. The van der Waals surface area contributed by atoms with Crippen LogP contribution in [0.1, 0.15) is 47.7 Å². The lowest BCUT2D eigenvalue weighted by molar-refractivity contribution is 0.0949. The first kappa shape index (κ1) is 23.2. The first-order valence-corrected chi connectivity index (χ1v) is 12.0. The van der Waals surface area contributed by atoms with Gasteiger partial charge >= 0.3 is 0 Å². The Morgan fingerprint density at radius 3 is 2.52 bits per heavy atom. The second kappa shape index (κ2) is 10.7. The third-order valence-electron chi connectivity index (χ3n) is 5.35. The number of ether oxygens (including phenoxy) is 2. The van der Waals surface area contributed by atoms with Crippen LogP contribution in [0.5, 0.6) is 5.75 Å². The lowest BCUT2D eigenvalue weighted by atomic mass is 10.1. The molecule has 0 bridgehead atoms. The van der Waals surface area contributed by atoms with Crippen LogP contribution < -0.4 is 10.1 Å². The van der Waals surface area contributed by atoms with Crippen LogP contribution in [0, 0.1) is 0 Å². The van der Waals surface area contributed by atoms with E-state index in [2.05, 4.69) is 5.32 Å². The molecule has 1 amide bonds. The van der Waals surface area contributed by atoms with Crippen molar-refractivity contribution in [2.45, 2.75) is 44.2 Å². The van der Waals surface area contributed by atoms with Crippen LogP contribution in [0.25, 0.3) is 0 Å². The molecule has 1 heterocycles. The molecule has 0 spiro atoms. The number of benzene rings is 2. The Morgan fingerprint density at radius 2 is 1.81 bits per heavy atom. The number of hydrogen-bond donors (Lipinski definition) is 1. The summed E-state index contributed by atoms with van der Waals surface area (Å²) in [7, 11) is -2.01. The molecule has 31 heavy (non-hydrogen) atoms. The number of rotatable bonds is 9. The van der Waals surface area contributed by atoms with Crippen LogP contribution in [0.4, 0.5) is 0 Å². The fraction of sp³-hybridized carbons (Fsp3) is 0.435. The van der Waals surface area contributed by atoms with Gasteiger partial charge in [-0.15, -0.1) is 0 Å². The SMILES string of the molecule is CCOCc1cc(C(=O)NCc2ccccc2S(=O)(=O)N2CCCCC2)ccc1OC. The first-order chi connectivity index (χ1) is 15.0. The highest BCUT2D eigenvalue weighted by atomic mass is 32.2. The van der Waals surface area contributed by atoms with Gasteiger partial charge in [0.2, 0.25) is 10.0 Å². The number of carbonyl (C=O) groups excluding carboxylic acids is 1. The predicted octanol–water partition coefficient (Wildman–Crippen LogP) is 3.34. The molecule has 0 aliphatic carbocycles. The van der Waals surface area contributed by atoms with Crippen LogP contribution in [0.15, 0.2) is 47.4 Å². The fourth-order valence-corrected chi connectivity index (χ4v) is 5.41. The number of piperidine rings is 1. The van der Waals surface area contributed by atoms with E-state index in [9.17, 15) is 13.2 Å². The van der Waals surface area contributed by atoms with E-state index in [1.165, 1.54) is 0 Å². The minimum atomic E-state index is -3.58. The van der Waals surface area contributed by atoms with Gasteiger partial charge < -0.3 is 14.8 Å². The molecule has 0 saturated carbocycles. The van der Waals surface area contributed by atoms with Gasteiger partial charge in [0, 0.05) is 37.4 Å². The molecule has 0 aromatic heterocycles. The minimum absolute atomic E-state index is 0.120. The zero-order valence-corrected chi connectivity index (χ0v) is 18.9. The van der Waals surface area contributed by atoms with Gasteiger partial charge in [-0.1, -0.05) is 24.6 Å². The van der Waals surface area contributed by atoms with Crippen molar-refractivity contribution in [1.82, 2.24) is 9.62 Å². The van der Waals surface area contributed by atoms with Crippen LogP contribution in [-0.2, 0) is 27.9 Å². The largest absolute Gasteiger partial charge is 0.496 e. The molecule has 8 heteroatoms. The van der Waals surface area contributed by atoms with Gasteiger partial charge in [0.05, 0.1) is 18.6 Å². The van der Waals surface area contributed by atoms with Crippen LogP contribution in [-0.4, -0.2) is 45.4 Å². The summed E-state index contributed by atoms with van der Waals surface area (Å²) in [5, 5.41) is 2.85. The highest BCUT2D eigenvalue weighted by Gasteiger charge is 2.28. The molecule has 3 rings (SSSR count). The molecule has 2 aromatic rings. The number of sulfonamides is 1. The molecule has 1 N–H and O–H groups in total. The maximum Gasteiger partial charge on any atom is 0.251 e. The van der Waals surface area contributed by atoms with E-state index in [4.69, 9.17) is 9.47 Å². The Labute approximate surface area is 184 Å². The Morgan fingerprint density at radius 1 is 1.06 bits per heavy atom. The van der Waals surface area contributed by atoms with E-state index in [1.807, 2.05) is 6.92 Å². The lowest BCUT2D eigenvalue weighted by Crippen LogP contribution is -2.36. The summed E-state index contributed by atoms with van der Waals surface area (Å²) < 4.78 is 38.6. The number of nitrogens with one attached hydrogen (secondary N) is 1. The molecule has 2 aromatic carbocycles. The van der Waals surface area contributed by atoms with Gasteiger partial charge in [-0.25, -0.2) is 8.42 Å². The normalized spacial score (nSPS) is 14.9. The molecule has 1 fully saturated rings. The average molecular weight is 447 g/mol. The zero-order valence-electron chi connectivity index (χ0n) is 18.1. The first-order valence-electron chi connectivity index (χ1n) is 10.6. The van der Waals surface area contributed by atoms with E-state index in [1.54, 1.807) is 53.9 Å². The fourth-order valence-electron chi connectivity index (χ4n) is 3.67. The Hall–Kier alpha value is -2.42. The van der Waals surface area contributed by atoms with Gasteiger partial charge in [-0.2, -0.15) is 4.31 Å². The summed E-state index contributed by atoms with van der Waals surface area (Å²) >= 11 is 0. The molecule has 168 valence electrons. The van der Waals surface area contributed by atoms with E-state index < -0.39 is 10.0 Å². The number of methoxy groups -OCH3 is 1. The third-order valence-corrected chi connectivity index (χ3v) is 7.35. The maximum atomic E-state index is 13.1. The van der Waals surface area contributed by atoms with Crippen LogP contribution in [0.2, 0.25) is 0 Å². The highest BCUT2D eigenvalue weighted by molar-refractivity contribution is 7.89. The van der Waals surface area contributed by atoms with Gasteiger partial charge in [0.1, 0.15) is 5.75 Å². The predicted molar refractivity (Wildman–Crippen MR) is 119 cm³/mol. The summed E-state index contributed by atoms with van der Waals surface area (Å²) in [6, 6.07) is 12.0. The quantitative estimate of drug-likeness (QED) is 0.639. The van der Waals surface area contributed by atoms with Gasteiger partial charge in [0.25, 0.3) is 5.91 Å². The van der Waals surface area contributed by atoms with E-state index in [-0.39, 0.29) is 17.3 Å². The topological polar surface area (TPSA) is 84.9 Å². The molecule has 1 saturated heterocycles. The van der Waals surface area contributed by atoms with Gasteiger partial charge in [-0.3, -0.25) is 4.79 Å². The van der Waals surface area contributed by atoms with Crippen molar-refractivity contribution < 1.29 is 22.7 Å². The minimum Gasteiger partial charge on any atom is -0.496 e. The molecule has 1 aliphatic heterocycles. The Bertz CT molecular complexity index is 1000. The van der Waals surface area contributed by atoms with Crippen molar-refractivity contribution >= 4 is 15.9 Å². The van der Waals surface area contributed by atoms with E-state index in [0.29, 0.717) is 43.2 Å². The maximum absolute atomic E-state index is 13.1. The molecular formula is C23H30N2O5S. The number of amides is 1. The van der Waals surface area contributed by atoms with Crippen LogP contribution in [0.3, 0.4) is 0 Å². The Kier molecular flexibility index (Phi) is 8.06. The van der Waals surface area contributed by atoms with Crippen LogP contribution >= 0.6 is 0 Å². The van der Waals surface area contributed by atoms with Gasteiger partial charge in [-0.05, 0) is 49.6 Å². The third kappa shape index (κ3) is 5.64. The zero-order chi connectivity index (χ0) is 22.3. The molecular weight excluding hydrogens is 416 g/mol. The number of hydrogen-bond acceptors (Lipinski definition) is 5. The smallest absolute Gasteiger partial charge is 0.251 e. The number of carbonyl (C=O) groups is 1. The molecule has 0 radical (unpaired) electrons. The summed E-state index contributed by atoms with van der Waals surface area (Å²) in [5.74, 6) is 0.369. The average Bonchev–Trinajstić information content (AvgIpc) is 2.81. The van der Waals surface area contributed by atoms with E-state index in [0.717, 1.165) is 24.8 Å². The number of nitrogens with zero attached hydrogens (tertiary/aromatic N) is 1. The molecule has 1 aliphatic rings. The second-order valence-corrected chi connectivity index (χ2v) is 9.33. The van der Waals surface area contributed by atoms with Crippen molar-refractivity contribution in [2.24, 2.45) is 0 Å². The molecule has 7 nitrogen and oxygen atoms in total. The van der Waals surface area contributed by atoms with Gasteiger partial charge in [0.15, 0.2) is 0 Å². The molecule has 0 atom stereocenters. The summed E-state index contributed by atoms with van der Waals surface area (Å²) in [6.45, 7) is 4.00. The second-order valence-electron chi connectivity index (χ2n) is 7.42. The van der Waals surface area contributed by atoms with Crippen molar-refractivity contribution in [3.8, 4) is 5.75 Å². The highest BCUT2D eigenvalue weighted by Crippen LogP contribution is 2.24. The van der Waals surface area contributed by atoms with Crippen molar-refractivity contribution in [3.63, 3.8) is 0 Å². The summed E-state index contributed by atoms with van der Waals surface area (Å²) in [5.41, 5.74) is 1.82.